The molecule has 0 fully saturated rings. The molecule has 1 atom stereocenters. The lowest BCUT2D eigenvalue weighted by Crippen LogP contribution is -1.91. The van der Waals surface area contributed by atoms with Crippen LogP contribution in [0, 0.1) is 0 Å². The molecule has 0 radical (unpaired) electrons. The lowest BCUT2D eigenvalue weighted by Gasteiger charge is -2.06. The van der Waals surface area contributed by atoms with Gasteiger partial charge in [-0.1, -0.05) is 70.9 Å². The molecule has 0 bridgehead atoms. The molecule has 0 amide bonds. The number of rotatable bonds is 5. The molecular weight excluding hydrogens is 280 g/mol. The lowest BCUT2D eigenvalue weighted by atomic mass is 10.1. The van der Waals surface area contributed by atoms with Gasteiger partial charge < -0.3 is 5.11 Å². The largest absolute Gasteiger partial charge is 0.384 e. The molecule has 2 aromatic rings. The average Bonchev–Trinajstić information content (AvgIpc) is 2.55. The highest BCUT2D eigenvalue weighted by Crippen LogP contribution is 2.21. The van der Waals surface area contributed by atoms with Gasteiger partial charge in [-0.2, -0.15) is 0 Å². The van der Waals surface area contributed by atoms with Crippen LogP contribution in [0.3, 0.4) is 0 Å². The van der Waals surface area contributed by atoms with E-state index in [0.717, 1.165) is 5.56 Å². The van der Waals surface area contributed by atoms with Crippen LogP contribution in [0.2, 0.25) is 0 Å². The first kappa shape index (κ1) is 15.2. The number of aliphatic hydroxyl groups is 1. The molecule has 0 spiro atoms. The summed E-state index contributed by atoms with van der Waals surface area (Å²) in [6.45, 7) is 0. The first-order valence-electron chi connectivity index (χ1n) is 6.39. The summed E-state index contributed by atoms with van der Waals surface area (Å²) in [6.07, 6.45) is 2.65. The number of azide groups is 2. The number of nitrogens with zero attached hydrogens (tertiary/aromatic N) is 6. The first-order valence-corrected chi connectivity index (χ1v) is 6.39. The van der Waals surface area contributed by atoms with Crippen molar-refractivity contribution in [1.29, 1.82) is 0 Å². The van der Waals surface area contributed by atoms with Crippen LogP contribution >= 0.6 is 0 Å². The maximum Gasteiger partial charge on any atom is 0.0975 e. The molecule has 0 aliphatic heterocycles. The van der Waals surface area contributed by atoms with Crippen molar-refractivity contribution in [3.8, 4) is 0 Å². The fraction of sp³-hybridized carbons (Fsp3) is 0.0667. The second-order valence-corrected chi connectivity index (χ2v) is 4.37. The Hall–Kier alpha value is -3.24. The van der Waals surface area contributed by atoms with E-state index < -0.39 is 6.10 Å². The van der Waals surface area contributed by atoms with E-state index in [9.17, 15) is 5.11 Å². The summed E-state index contributed by atoms with van der Waals surface area (Å²) >= 11 is 0. The van der Waals surface area contributed by atoms with Crippen molar-refractivity contribution in [3.63, 3.8) is 0 Å². The molecule has 7 heteroatoms. The molecule has 1 unspecified atom stereocenters. The van der Waals surface area contributed by atoms with Gasteiger partial charge in [-0.15, -0.1) is 0 Å². The molecular formula is C15H12N6O. The molecule has 0 aliphatic carbocycles. The minimum absolute atomic E-state index is 0.496. The Morgan fingerprint density at radius 2 is 1.36 bits per heavy atom. The summed E-state index contributed by atoms with van der Waals surface area (Å²) in [5.41, 5.74) is 19.3. The Morgan fingerprint density at radius 1 is 0.864 bits per heavy atom. The summed E-state index contributed by atoms with van der Waals surface area (Å²) < 4.78 is 0. The fourth-order valence-corrected chi connectivity index (χ4v) is 1.81. The maximum atomic E-state index is 10.1. The molecule has 0 aromatic heterocycles. The van der Waals surface area contributed by atoms with Crippen LogP contribution < -0.4 is 0 Å². The molecule has 0 aliphatic rings. The third-order valence-electron chi connectivity index (χ3n) is 2.92. The quantitative estimate of drug-likeness (QED) is 0.448. The van der Waals surface area contributed by atoms with Crippen LogP contribution in [0.1, 0.15) is 17.2 Å². The van der Waals surface area contributed by atoms with Gasteiger partial charge in [0.2, 0.25) is 0 Å². The van der Waals surface area contributed by atoms with Crippen molar-refractivity contribution >= 4 is 17.5 Å². The zero-order valence-corrected chi connectivity index (χ0v) is 11.5. The molecule has 2 aromatic carbocycles. The normalized spacial score (nSPS) is 11.5. The highest BCUT2D eigenvalue weighted by atomic mass is 16.3. The van der Waals surface area contributed by atoms with E-state index in [1.54, 1.807) is 60.7 Å². The molecule has 108 valence electrons. The van der Waals surface area contributed by atoms with E-state index >= 15 is 0 Å². The monoisotopic (exact) mass is 292 g/mol. The predicted molar refractivity (Wildman–Crippen MR) is 84.5 cm³/mol. The summed E-state index contributed by atoms with van der Waals surface area (Å²) in [5.74, 6) is 0. The van der Waals surface area contributed by atoms with Gasteiger partial charge >= 0.3 is 0 Å². The minimum atomic E-state index is -0.767. The Balaban J connectivity index is 2.08. The summed E-state index contributed by atoms with van der Waals surface area (Å²) in [5, 5.41) is 17.0. The van der Waals surface area contributed by atoms with Crippen LogP contribution in [0.4, 0.5) is 11.4 Å². The fourth-order valence-electron chi connectivity index (χ4n) is 1.81. The topological polar surface area (TPSA) is 118 Å². The van der Waals surface area contributed by atoms with Crippen LogP contribution in [0.5, 0.6) is 0 Å². The molecule has 0 saturated heterocycles. The van der Waals surface area contributed by atoms with E-state index in [-0.39, 0.29) is 0 Å². The Kier molecular flexibility index (Phi) is 5.18. The van der Waals surface area contributed by atoms with E-state index in [1.165, 1.54) is 0 Å². The van der Waals surface area contributed by atoms with Gasteiger partial charge in [0.25, 0.3) is 0 Å². The third-order valence-corrected chi connectivity index (χ3v) is 2.92. The van der Waals surface area contributed by atoms with Crippen LogP contribution in [-0.4, -0.2) is 5.11 Å². The van der Waals surface area contributed by atoms with Gasteiger partial charge in [-0.25, -0.2) is 0 Å². The molecule has 0 heterocycles. The van der Waals surface area contributed by atoms with Gasteiger partial charge in [0.05, 0.1) is 6.10 Å². The van der Waals surface area contributed by atoms with Gasteiger partial charge in [-0.3, -0.25) is 0 Å². The van der Waals surface area contributed by atoms with Gasteiger partial charge in [0.1, 0.15) is 0 Å². The lowest BCUT2D eigenvalue weighted by molar-refractivity contribution is 0.229. The number of hydrogen-bond acceptors (Lipinski definition) is 3. The Morgan fingerprint density at radius 3 is 1.86 bits per heavy atom. The van der Waals surface area contributed by atoms with Gasteiger partial charge in [-0.05, 0) is 22.2 Å². The van der Waals surface area contributed by atoms with Gasteiger partial charge in [0.15, 0.2) is 0 Å². The third kappa shape index (κ3) is 4.13. The van der Waals surface area contributed by atoms with Crippen LogP contribution in [0.25, 0.3) is 27.0 Å². The minimum Gasteiger partial charge on any atom is -0.384 e. The van der Waals surface area contributed by atoms with Crippen molar-refractivity contribution in [2.75, 3.05) is 0 Å². The molecule has 0 saturated carbocycles. The van der Waals surface area contributed by atoms with Crippen LogP contribution in [-0.2, 0) is 0 Å². The highest BCUT2D eigenvalue weighted by Gasteiger charge is 2.02. The van der Waals surface area contributed by atoms with Crippen molar-refractivity contribution < 1.29 is 5.11 Å². The highest BCUT2D eigenvalue weighted by molar-refractivity contribution is 5.54. The molecule has 22 heavy (non-hydrogen) atoms. The average molecular weight is 292 g/mol. The molecule has 1 N–H and O–H groups in total. The van der Waals surface area contributed by atoms with Crippen molar-refractivity contribution in [2.24, 2.45) is 10.2 Å². The first-order chi connectivity index (χ1) is 10.7. The van der Waals surface area contributed by atoms with E-state index in [1.807, 2.05) is 0 Å². The van der Waals surface area contributed by atoms with E-state index in [4.69, 9.17) is 11.1 Å². The van der Waals surface area contributed by atoms with E-state index in [0.29, 0.717) is 16.9 Å². The predicted octanol–water partition coefficient (Wildman–Crippen LogP) is 5.32. The molecule has 7 nitrogen and oxygen atoms in total. The number of aliphatic hydroxyl groups excluding tert-OH is 1. The second-order valence-electron chi connectivity index (χ2n) is 4.37. The standard InChI is InChI=1S/C15H12N6O/c16-20-18-13-6-1-11(2-7-13)3-10-15(22)12-4-8-14(9-5-12)19-21-17/h1-10,15,22H. The SMILES string of the molecule is [N-]=[N+]=Nc1ccc(C=CC(O)c2ccc(N=[N+]=[N-])cc2)cc1. The number of hydrogen-bond donors (Lipinski definition) is 1. The van der Waals surface area contributed by atoms with Crippen LogP contribution in [0.15, 0.2) is 64.8 Å². The summed E-state index contributed by atoms with van der Waals surface area (Å²) in [7, 11) is 0. The smallest absolute Gasteiger partial charge is 0.0975 e. The Bertz CT molecular complexity index is 754. The van der Waals surface area contributed by atoms with Crippen molar-refractivity contribution in [2.45, 2.75) is 6.10 Å². The zero-order chi connectivity index (χ0) is 15.8. The molecule has 2 rings (SSSR count). The number of benzene rings is 2. The summed E-state index contributed by atoms with van der Waals surface area (Å²) in [6, 6.07) is 13.6. The second kappa shape index (κ2) is 7.52. The van der Waals surface area contributed by atoms with Crippen molar-refractivity contribution in [1.82, 2.24) is 0 Å². The van der Waals surface area contributed by atoms with E-state index in [2.05, 4.69) is 20.1 Å². The zero-order valence-electron chi connectivity index (χ0n) is 11.5. The Labute approximate surface area is 126 Å². The van der Waals surface area contributed by atoms with Crippen molar-refractivity contribution in [3.05, 3.63) is 86.6 Å². The summed E-state index contributed by atoms with van der Waals surface area (Å²) in [4.78, 5) is 5.40. The van der Waals surface area contributed by atoms with Gasteiger partial charge in [0, 0.05) is 21.2 Å². The maximum absolute atomic E-state index is 10.1.